The van der Waals surface area contributed by atoms with Gasteiger partial charge in [-0.1, -0.05) is 50.6 Å². The number of hydrogen-bond donors (Lipinski definition) is 1. The Balaban J connectivity index is 0.00000240. The van der Waals surface area contributed by atoms with Crippen LogP contribution >= 0.6 is 24.8 Å². The third-order valence-electron chi connectivity index (χ3n) is 5.80. The van der Waals surface area contributed by atoms with E-state index in [9.17, 15) is 0 Å². The highest BCUT2D eigenvalue weighted by Crippen LogP contribution is 2.43. The van der Waals surface area contributed by atoms with Gasteiger partial charge < -0.3 is 19.5 Å². The predicted molar refractivity (Wildman–Crippen MR) is 131 cm³/mol. The topological polar surface area (TPSA) is 43.0 Å². The molecule has 2 atom stereocenters. The van der Waals surface area contributed by atoms with Gasteiger partial charge in [0.1, 0.15) is 12.4 Å². The zero-order chi connectivity index (χ0) is 20.6. The number of nitrogens with zero attached hydrogens (tertiary/aromatic N) is 1. The van der Waals surface area contributed by atoms with Crippen molar-refractivity contribution in [3.8, 4) is 17.2 Å². The summed E-state index contributed by atoms with van der Waals surface area (Å²) in [4.78, 5) is 2.57. The molecule has 1 heterocycles. The first-order valence-electron chi connectivity index (χ1n) is 10.5. The zero-order valence-corrected chi connectivity index (χ0v) is 20.6. The van der Waals surface area contributed by atoms with E-state index >= 15 is 0 Å². The standard InChI is InChI=1S/C24H34N2O3.2ClH/c1-5-18(2)24(26-13-11-25-12-14-26)20-15-22(27-3)23(28-4)16-21(20)29-17-19-9-7-6-8-10-19;;/h6-10,15-16,18,24-25H,5,11-14,17H2,1-4H3;2*1H/t18?,24-;;/m1../s1. The van der Waals surface area contributed by atoms with Crippen LogP contribution in [0.3, 0.4) is 0 Å². The second kappa shape index (κ2) is 13.7. The monoisotopic (exact) mass is 470 g/mol. The van der Waals surface area contributed by atoms with Crippen LogP contribution in [0.4, 0.5) is 0 Å². The Morgan fingerprint density at radius 1 is 0.935 bits per heavy atom. The summed E-state index contributed by atoms with van der Waals surface area (Å²) in [6, 6.07) is 14.6. The van der Waals surface area contributed by atoms with Crippen LogP contribution in [0.2, 0.25) is 0 Å². The van der Waals surface area contributed by atoms with E-state index in [1.54, 1.807) is 14.2 Å². The molecule has 0 bridgehead atoms. The molecule has 2 aromatic rings. The molecule has 0 aliphatic carbocycles. The SMILES string of the molecule is CCC(C)[C@H](c1cc(OC)c(OC)cc1OCc1ccccc1)N1CCNCC1.Cl.Cl. The van der Waals surface area contributed by atoms with Gasteiger partial charge in [0.25, 0.3) is 0 Å². The highest BCUT2D eigenvalue weighted by molar-refractivity contribution is 5.85. The summed E-state index contributed by atoms with van der Waals surface area (Å²) in [6.45, 7) is 9.19. The van der Waals surface area contributed by atoms with E-state index in [-0.39, 0.29) is 30.9 Å². The van der Waals surface area contributed by atoms with Crippen molar-refractivity contribution in [3.05, 3.63) is 53.6 Å². The molecule has 31 heavy (non-hydrogen) atoms. The van der Waals surface area contributed by atoms with Gasteiger partial charge in [0, 0.05) is 43.9 Å². The quantitative estimate of drug-likeness (QED) is 0.550. The molecular weight excluding hydrogens is 435 g/mol. The molecule has 2 aromatic carbocycles. The third-order valence-corrected chi connectivity index (χ3v) is 5.80. The molecule has 0 radical (unpaired) electrons. The van der Waals surface area contributed by atoms with Crippen molar-refractivity contribution in [2.75, 3.05) is 40.4 Å². The first-order chi connectivity index (χ1) is 14.2. The highest BCUT2D eigenvalue weighted by atomic mass is 35.5. The van der Waals surface area contributed by atoms with Crippen molar-refractivity contribution in [1.82, 2.24) is 10.2 Å². The Bertz CT molecular complexity index is 771. The van der Waals surface area contributed by atoms with Crippen LogP contribution in [-0.2, 0) is 6.61 Å². The third kappa shape index (κ3) is 6.91. The van der Waals surface area contributed by atoms with E-state index in [2.05, 4.69) is 42.3 Å². The van der Waals surface area contributed by atoms with Crippen LogP contribution in [0, 0.1) is 5.92 Å². The van der Waals surface area contributed by atoms with E-state index in [0.29, 0.717) is 18.3 Å². The number of methoxy groups -OCH3 is 2. The molecule has 0 aromatic heterocycles. The van der Waals surface area contributed by atoms with Crippen LogP contribution in [0.15, 0.2) is 42.5 Å². The van der Waals surface area contributed by atoms with Crippen LogP contribution < -0.4 is 19.5 Å². The Morgan fingerprint density at radius 3 is 2.13 bits per heavy atom. The van der Waals surface area contributed by atoms with Gasteiger partial charge in [0.15, 0.2) is 11.5 Å². The molecule has 1 fully saturated rings. The minimum Gasteiger partial charge on any atom is -0.493 e. The molecule has 1 aliphatic heterocycles. The number of hydrogen-bond acceptors (Lipinski definition) is 5. The van der Waals surface area contributed by atoms with Crippen LogP contribution in [0.5, 0.6) is 17.2 Å². The number of rotatable bonds is 9. The van der Waals surface area contributed by atoms with E-state index in [0.717, 1.165) is 49.7 Å². The summed E-state index contributed by atoms with van der Waals surface area (Å²) in [5, 5.41) is 3.46. The molecule has 174 valence electrons. The fourth-order valence-electron chi connectivity index (χ4n) is 4.01. The summed E-state index contributed by atoms with van der Waals surface area (Å²) in [5.41, 5.74) is 2.32. The lowest BCUT2D eigenvalue weighted by Gasteiger charge is -2.39. The predicted octanol–water partition coefficient (Wildman–Crippen LogP) is 5.12. The van der Waals surface area contributed by atoms with Gasteiger partial charge in [0.2, 0.25) is 0 Å². The van der Waals surface area contributed by atoms with Gasteiger partial charge in [-0.3, -0.25) is 4.90 Å². The van der Waals surface area contributed by atoms with E-state index < -0.39 is 0 Å². The van der Waals surface area contributed by atoms with Crippen molar-refractivity contribution >= 4 is 24.8 Å². The Hall–Kier alpha value is -1.66. The van der Waals surface area contributed by atoms with Gasteiger partial charge in [0.05, 0.1) is 14.2 Å². The van der Waals surface area contributed by atoms with Gasteiger partial charge >= 0.3 is 0 Å². The van der Waals surface area contributed by atoms with Crippen molar-refractivity contribution in [2.24, 2.45) is 5.92 Å². The average Bonchev–Trinajstić information content (AvgIpc) is 2.79. The minimum atomic E-state index is 0. The highest BCUT2D eigenvalue weighted by Gasteiger charge is 2.30. The summed E-state index contributed by atoms with van der Waals surface area (Å²) >= 11 is 0. The Labute approximate surface area is 199 Å². The van der Waals surface area contributed by atoms with Gasteiger partial charge in [-0.15, -0.1) is 24.8 Å². The minimum absolute atomic E-state index is 0. The zero-order valence-electron chi connectivity index (χ0n) is 18.9. The molecule has 1 aliphatic rings. The van der Waals surface area contributed by atoms with Crippen molar-refractivity contribution in [2.45, 2.75) is 32.9 Å². The molecule has 1 unspecified atom stereocenters. The Kier molecular flexibility index (Phi) is 12.1. The first-order valence-corrected chi connectivity index (χ1v) is 10.5. The maximum atomic E-state index is 6.35. The smallest absolute Gasteiger partial charge is 0.164 e. The molecule has 0 saturated carbocycles. The summed E-state index contributed by atoms with van der Waals surface area (Å²) < 4.78 is 17.6. The molecule has 0 amide bonds. The number of halogens is 2. The van der Waals surface area contributed by atoms with Crippen LogP contribution in [0.25, 0.3) is 0 Å². The number of nitrogens with one attached hydrogen (secondary N) is 1. The largest absolute Gasteiger partial charge is 0.493 e. The second-order valence-electron chi connectivity index (χ2n) is 7.64. The van der Waals surface area contributed by atoms with Crippen molar-refractivity contribution in [1.29, 1.82) is 0 Å². The molecule has 0 spiro atoms. The summed E-state index contributed by atoms with van der Waals surface area (Å²) in [5.74, 6) is 2.81. The first kappa shape index (κ1) is 27.4. The van der Waals surface area contributed by atoms with Gasteiger partial charge in [-0.05, 0) is 17.5 Å². The molecule has 5 nitrogen and oxygen atoms in total. The van der Waals surface area contributed by atoms with Crippen LogP contribution in [0.1, 0.15) is 37.4 Å². The maximum Gasteiger partial charge on any atom is 0.164 e. The fourth-order valence-corrected chi connectivity index (χ4v) is 4.01. The van der Waals surface area contributed by atoms with E-state index in [1.165, 1.54) is 5.56 Å². The van der Waals surface area contributed by atoms with Gasteiger partial charge in [-0.2, -0.15) is 0 Å². The fraction of sp³-hybridized carbons (Fsp3) is 0.500. The lowest BCUT2D eigenvalue weighted by molar-refractivity contribution is 0.124. The second-order valence-corrected chi connectivity index (χ2v) is 7.64. The summed E-state index contributed by atoms with van der Waals surface area (Å²) in [6.07, 6.45) is 1.10. The molecule has 3 rings (SSSR count). The lowest BCUT2D eigenvalue weighted by Crippen LogP contribution is -2.46. The molecule has 7 heteroatoms. The van der Waals surface area contributed by atoms with Gasteiger partial charge in [-0.25, -0.2) is 0 Å². The molecular formula is C24H36Cl2N2O3. The number of ether oxygens (including phenoxy) is 3. The number of piperazine rings is 1. The number of benzene rings is 2. The van der Waals surface area contributed by atoms with Crippen molar-refractivity contribution < 1.29 is 14.2 Å². The lowest BCUT2D eigenvalue weighted by atomic mass is 9.89. The maximum absolute atomic E-state index is 6.35. The molecule has 1 saturated heterocycles. The summed E-state index contributed by atoms with van der Waals surface area (Å²) in [7, 11) is 3.36. The van der Waals surface area contributed by atoms with E-state index in [1.807, 2.05) is 24.3 Å². The average molecular weight is 471 g/mol. The van der Waals surface area contributed by atoms with Crippen LogP contribution in [-0.4, -0.2) is 45.3 Å². The van der Waals surface area contributed by atoms with E-state index in [4.69, 9.17) is 14.2 Å². The normalized spacial score (nSPS) is 15.7. The van der Waals surface area contributed by atoms with Crippen molar-refractivity contribution in [3.63, 3.8) is 0 Å². The molecule has 1 N–H and O–H groups in total. The Morgan fingerprint density at radius 2 is 1.55 bits per heavy atom.